The van der Waals surface area contributed by atoms with Gasteiger partial charge in [-0.25, -0.2) is 0 Å². The number of primary amides is 1. The van der Waals surface area contributed by atoms with E-state index >= 15 is 0 Å². The molecule has 0 aromatic carbocycles. The smallest absolute Gasteiger partial charge is 0.225 e. The summed E-state index contributed by atoms with van der Waals surface area (Å²) in [5.41, 5.74) is 4.70. The molecule has 0 aliphatic carbocycles. The molecular formula is C8H21NO3. The maximum Gasteiger partial charge on any atom is 0.225 e. The Labute approximate surface area is 74.4 Å². The SMILES string of the molecule is CC.CC.NC(=O)C(CO)CO. The van der Waals surface area contributed by atoms with Gasteiger partial charge in [0, 0.05) is 0 Å². The van der Waals surface area contributed by atoms with Gasteiger partial charge in [0.2, 0.25) is 5.91 Å². The van der Waals surface area contributed by atoms with E-state index in [1.807, 2.05) is 27.7 Å². The molecule has 0 saturated heterocycles. The van der Waals surface area contributed by atoms with Gasteiger partial charge in [-0.3, -0.25) is 4.79 Å². The van der Waals surface area contributed by atoms with Crippen molar-refractivity contribution in [1.29, 1.82) is 0 Å². The van der Waals surface area contributed by atoms with E-state index < -0.39 is 11.8 Å². The van der Waals surface area contributed by atoms with Gasteiger partial charge >= 0.3 is 0 Å². The molecule has 0 radical (unpaired) electrons. The molecule has 0 aliphatic heterocycles. The topological polar surface area (TPSA) is 83.6 Å². The number of amides is 1. The fourth-order valence-electron chi connectivity index (χ4n) is 0.238. The van der Waals surface area contributed by atoms with Gasteiger partial charge in [0.25, 0.3) is 0 Å². The monoisotopic (exact) mass is 179 g/mol. The lowest BCUT2D eigenvalue weighted by atomic mass is 10.2. The van der Waals surface area contributed by atoms with Crippen LogP contribution in [0, 0.1) is 5.92 Å². The highest BCUT2D eigenvalue weighted by Gasteiger charge is 2.10. The first-order valence-corrected chi connectivity index (χ1v) is 4.23. The van der Waals surface area contributed by atoms with Crippen molar-refractivity contribution in [2.24, 2.45) is 11.7 Å². The first kappa shape index (κ1) is 17.5. The van der Waals surface area contributed by atoms with Gasteiger partial charge in [-0.1, -0.05) is 27.7 Å². The highest BCUT2D eigenvalue weighted by Crippen LogP contribution is 1.88. The lowest BCUT2D eigenvalue weighted by molar-refractivity contribution is -0.124. The van der Waals surface area contributed by atoms with Crippen molar-refractivity contribution >= 4 is 5.91 Å². The fraction of sp³-hybridized carbons (Fsp3) is 0.875. The minimum atomic E-state index is -0.796. The molecule has 0 aliphatic rings. The molecule has 0 heterocycles. The first-order valence-electron chi connectivity index (χ1n) is 4.23. The van der Waals surface area contributed by atoms with Crippen LogP contribution in [0.1, 0.15) is 27.7 Å². The average molecular weight is 179 g/mol. The maximum absolute atomic E-state index is 10.1. The number of nitrogens with two attached hydrogens (primary N) is 1. The number of aliphatic hydroxyl groups is 2. The number of hydrogen-bond acceptors (Lipinski definition) is 3. The summed E-state index contributed by atoms with van der Waals surface area (Å²) in [5, 5.41) is 16.5. The van der Waals surface area contributed by atoms with Gasteiger partial charge in [0.1, 0.15) is 0 Å². The number of carbonyl (C=O) groups excluding carboxylic acids is 1. The zero-order valence-corrected chi connectivity index (χ0v) is 8.37. The van der Waals surface area contributed by atoms with Crippen LogP contribution in [-0.4, -0.2) is 29.3 Å². The molecule has 0 bridgehead atoms. The van der Waals surface area contributed by atoms with Crippen LogP contribution in [0.5, 0.6) is 0 Å². The van der Waals surface area contributed by atoms with Crippen LogP contribution in [0.25, 0.3) is 0 Å². The Balaban J connectivity index is -0.000000175. The Morgan fingerprint density at radius 1 is 1.17 bits per heavy atom. The predicted octanol–water partition coefficient (Wildman–Crippen LogP) is 0.125. The summed E-state index contributed by atoms with van der Waals surface area (Å²) in [7, 11) is 0. The lowest BCUT2D eigenvalue weighted by Gasteiger charge is -2.02. The van der Waals surface area contributed by atoms with Crippen molar-refractivity contribution in [2.75, 3.05) is 13.2 Å². The van der Waals surface area contributed by atoms with Gasteiger partial charge in [-0.05, 0) is 0 Å². The molecule has 4 N–H and O–H groups in total. The second kappa shape index (κ2) is 16.8. The van der Waals surface area contributed by atoms with E-state index in [0.29, 0.717) is 0 Å². The molecule has 0 unspecified atom stereocenters. The van der Waals surface area contributed by atoms with E-state index in [1.54, 1.807) is 0 Å². The first-order chi connectivity index (χ1) is 5.72. The molecule has 0 fully saturated rings. The largest absolute Gasteiger partial charge is 0.395 e. The minimum absolute atomic E-state index is 0.383. The number of rotatable bonds is 3. The molecule has 12 heavy (non-hydrogen) atoms. The summed E-state index contributed by atoms with van der Waals surface area (Å²) in [5.74, 6) is -1.47. The van der Waals surface area contributed by atoms with Gasteiger partial charge in [-0.2, -0.15) is 0 Å². The Morgan fingerprint density at radius 3 is 1.42 bits per heavy atom. The molecule has 0 aromatic heterocycles. The fourth-order valence-corrected chi connectivity index (χ4v) is 0.238. The zero-order valence-electron chi connectivity index (χ0n) is 8.37. The van der Waals surface area contributed by atoms with Crippen molar-refractivity contribution in [3.63, 3.8) is 0 Å². The highest BCUT2D eigenvalue weighted by atomic mass is 16.3. The standard InChI is InChI=1S/C4H9NO3.2C2H6/c5-4(8)3(1-6)2-7;2*1-2/h3,6-7H,1-2H2,(H2,5,8);2*1-2H3. The summed E-state index contributed by atoms with van der Waals surface area (Å²) < 4.78 is 0. The molecule has 76 valence electrons. The molecule has 0 atom stereocenters. The number of hydrogen-bond donors (Lipinski definition) is 3. The van der Waals surface area contributed by atoms with Crippen LogP contribution in [0.3, 0.4) is 0 Å². The van der Waals surface area contributed by atoms with E-state index in [0.717, 1.165) is 0 Å². The summed E-state index contributed by atoms with van der Waals surface area (Å²) in [4.78, 5) is 10.1. The maximum atomic E-state index is 10.1. The van der Waals surface area contributed by atoms with E-state index in [9.17, 15) is 4.79 Å². The Morgan fingerprint density at radius 2 is 1.42 bits per heavy atom. The molecule has 0 saturated carbocycles. The quantitative estimate of drug-likeness (QED) is 0.575. The molecule has 0 spiro atoms. The summed E-state index contributed by atoms with van der Waals surface area (Å²) in [6, 6.07) is 0. The van der Waals surface area contributed by atoms with E-state index in [2.05, 4.69) is 0 Å². The van der Waals surface area contributed by atoms with Gasteiger partial charge in [0.05, 0.1) is 19.1 Å². The van der Waals surface area contributed by atoms with Gasteiger partial charge < -0.3 is 15.9 Å². The van der Waals surface area contributed by atoms with Crippen LogP contribution in [0.4, 0.5) is 0 Å². The average Bonchev–Trinajstić information content (AvgIpc) is 2.13. The lowest BCUT2D eigenvalue weighted by Crippen LogP contribution is -2.28. The van der Waals surface area contributed by atoms with Crippen molar-refractivity contribution < 1.29 is 15.0 Å². The molecule has 0 rings (SSSR count). The van der Waals surface area contributed by atoms with Crippen molar-refractivity contribution in [2.45, 2.75) is 27.7 Å². The van der Waals surface area contributed by atoms with Crippen molar-refractivity contribution in [3.8, 4) is 0 Å². The Hall–Kier alpha value is -0.610. The highest BCUT2D eigenvalue weighted by molar-refractivity contribution is 5.76. The summed E-state index contributed by atoms with van der Waals surface area (Å²) >= 11 is 0. The van der Waals surface area contributed by atoms with E-state index in [1.165, 1.54) is 0 Å². The van der Waals surface area contributed by atoms with Crippen LogP contribution in [0.2, 0.25) is 0 Å². The summed E-state index contributed by atoms with van der Waals surface area (Å²) in [6.45, 7) is 7.23. The number of aliphatic hydroxyl groups excluding tert-OH is 2. The molecule has 1 amide bonds. The van der Waals surface area contributed by atoms with E-state index in [4.69, 9.17) is 15.9 Å². The Kier molecular flexibility index (Phi) is 24.4. The normalized spacial score (nSPS) is 7.58. The summed E-state index contributed by atoms with van der Waals surface area (Å²) in [6.07, 6.45) is 0. The third-order valence-corrected chi connectivity index (χ3v) is 0.843. The molecular weight excluding hydrogens is 158 g/mol. The third-order valence-electron chi connectivity index (χ3n) is 0.843. The molecule has 4 nitrogen and oxygen atoms in total. The van der Waals surface area contributed by atoms with Crippen LogP contribution < -0.4 is 5.73 Å². The van der Waals surface area contributed by atoms with Crippen LogP contribution >= 0.6 is 0 Å². The van der Waals surface area contributed by atoms with Gasteiger partial charge in [-0.15, -0.1) is 0 Å². The van der Waals surface area contributed by atoms with Crippen LogP contribution in [0.15, 0.2) is 0 Å². The molecule has 0 aromatic rings. The third kappa shape index (κ3) is 12.1. The second-order valence-electron chi connectivity index (χ2n) is 1.46. The Bertz CT molecular complexity index is 82.4. The second-order valence-corrected chi connectivity index (χ2v) is 1.46. The molecule has 4 heteroatoms. The van der Waals surface area contributed by atoms with Crippen molar-refractivity contribution in [1.82, 2.24) is 0 Å². The van der Waals surface area contributed by atoms with E-state index in [-0.39, 0.29) is 13.2 Å². The van der Waals surface area contributed by atoms with Crippen LogP contribution in [-0.2, 0) is 4.79 Å². The van der Waals surface area contributed by atoms with Gasteiger partial charge in [0.15, 0.2) is 0 Å². The zero-order chi connectivity index (χ0) is 10.6. The predicted molar refractivity (Wildman–Crippen MR) is 49.6 cm³/mol. The van der Waals surface area contributed by atoms with Crippen molar-refractivity contribution in [3.05, 3.63) is 0 Å². The minimum Gasteiger partial charge on any atom is -0.395 e. The number of carbonyl (C=O) groups is 1.